The molecule has 2 heterocycles. The van der Waals surface area contributed by atoms with Crippen LogP contribution in [0.5, 0.6) is 0 Å². The number of hydrogen-bond acceptors (Lipinski definition) is 3. The highest BCUT2D eigenvalue weighted by Gasteiger charge is 2.14. The van der Waals surface area contributed by atoms with E-state index in [-0.39, 0.29) is 0 Å². The van der Waals surface area contributed by atoms with Gasteiger partial charge in [0.25, 0.3) is 0 Å². The van der Waals surface area contributed by atoms with E-state index < -0.39 is 0 Å². The number of nitrogens with zero attached hydrogens (tertiary/aromatic N) is 2. The summed E-state index contributed by atoms with van der Waals surface area (Å²) in [6.45, 7) is 2.04. The van der Waals surface area contributed by atoms with Gasteiger partial charge in [-0.25, -0.2) is 4.98 Å². The second kappa shape index (κ2) is 6.29. The first-order valence-electron chi connectivity index (χ1n) is 7.09. The Morgan fingerprint density at radius 2 is 2.35 bits per heavy atom. The molecule has 1 unspecified atom stereocenters. The summed E-state index contributed by atoms with van der Waals surface area (Å²) >= 11 is 6.34. The molecule has 1 saturated heterocycles. The van der Waals surface area contributed by atoms with E-state index in [1.54, 1.807) is 12.5 Å². The van der Waals surface area contributed by atoms with Crippen LogP contribution in [0.4, 0.5) is 5.69 Å². The molecule has 2 aromatic rings. The van der Waals surface area contributed by atoms with Gasteiger partial charge in [-0.05, 0) is 31.5 Å². The predicted molar refractivity (Wildman–Crippen MR) is 82.7 cm³/mol. The molecule has 1 aromatic heterocycles. The highest BCUT2D eigenvalue weighted by molar-refractivity contribution is 6.33. The van der Waals surface area contributed by atoms with Crippen LogP contribution < -0.4 is 10.6 Å². The lowest BCUT2D eigenvalue weighted by molar-refractivity contribution is 0.414. The maximum Gasteiger partial charge on any atom is 0.0992 e. The van der Waals surface area contributed by atoms with Crippen molar-refractivity contribution in [2.24, 2.45) is 0 Å². The third kappa shape index (κ3) is 2.97. The van der Waals surface area contributed by atoms with Crippen molar-refractivity contribution in [2.75, 3.05) is 18.4 Å². The van der Waals surface area contributed by atoms with Gasteiger partial charge in [0.05, 0.1) is 22.7 Å². The average Bonchev–Trinajstić information content (AvgIpc) is 3.00. The van der Waals surface area contributed by atoms with Crippen LogP contribution in [0.25, 0.3) is 5.69 Å². The molecule has 1 aliphatic heterocycles. The third-order valence-corrected chi connectivity index (χ3v) is 4.01. The van der Waals surface area contributed by atoms with Crippen molar-refractivity contribution in [1.29, 1.82) is 0 Å². The summed E-state index contributed by atoms with van der Waals surface area (Å²) in [6, 6.07) is 6.48. The van der Waals surface area contributed by atoms with Gasteiger partial charge in [0.2, 0.25) is 0 Å². The highest BCUT2D eigenvalue weighted by atomic mass is 35.5. The van der Waals surface area contributed by atoms with Crippen LogP contribution in [-0.2, 0) is 0 Å². The Morgan fingerprint density at radius 1 is 1.40 bits per heavy atom. The topological polar surface area (TPSA) is 41.9 Å². The Morgan fingerprint density at radius 3 is 3.10 bits per heavy atom. The fourth-order valence-electron chi connectivity index (χ4n) is 2.64. The second-order valence-corrected chi connectivity index (χ2v) is 5.54. The SMILES string of the molecule is Clc1cccc(NCC2CCCCN2)c1-n1ccnc1. The molecule has 1 aliphatic rings. The second-order valence-electron chi connectivity index (χ2n) is 5.13. The monoisotopic (exact) mass is 290 g/mol. The minimum atomic E-state index is 0.540. The Hall–Kier alpha value is -1.52. The summed E-state index contributed by atoms with van der Waals surface area (Å²) in [4.78, 5) is 4.09. The normalized spacial score (nSPS) is 18.9. The van der Waals surface area contributed by atoms with E-state index in [2.05, 4.69) is 21.7 Å². The molecule has 0 spiro atoms. The molecule has 0 saturated carbocycles. The van der Waals surface area contributed by atoms with Crippen molar-refractivity contribution < 1.29 is 0 Å². The lowest BCUT2D eigenvalue weighted by Gasteiger charge is -2.25. The maximum atomic E-state index is 6.34. The average molecular weight is 291 g/mol. The van der Waals surface area contributed by atoms with Gasteiger partial charge in [-0.15, -0.1) is 0 Å². The van der Waals surface area contributed by atoms with Gasteiger partial charge in [-0.2, -0.15) is 0 Å². The lowest BCUT2D eigenvalue weighted by Crippen LogP contribution is -2.39. The van der Waals surface area contributed by atoms with Crippen LogP contribution in [0.15, 0.2) is 36.9 Å². The summed E-state index contributed by atoms with van der Waals surface area (Å²) < 4.78 is 1.94. The Balaban J connectivity index is 1.77. The minimum absolute atomic E-state index is 0.540. The summed E-state index contributed by atoms with van der Waals surface area (Å²) in [6.07, 6.45) is 9.26. The Labute approximate surface area is 124 Å². The largest absolute Gasteiger partial charge is 0.382 e. The quantitative estimate of drug-likeness (QED) is 0.909. The number of aromatic nitrogens is 2. The molecule has 1 atom stereocenters. The van der Waals surface area contributed by atoms with E-state index in [1.165, 1.54) is 19.3 Å². The number of benzene rings is 1. The molecule has 1 fully saturated rings. The van der Waals surface area contributed by atoms with Crippen molar-refractivity contribution in [3.63, 3.8) is 0 Å². The molecule has 3 rings (SSSR count). The van der Waals surface area contributed by atoms with E-state index in [0.717, 1.165) is 29.5 Å². The van der Waals surface area contributed by atoms with Crippen molar-refractivity contribution in [1.82, 2.24) is 14.9 Å². The Bertz CT molecular complexity index is 547. The van der Waals surface area contributed by atoms with Crippen molar-refractivity contribution >= 4 is 17.3 Å². The van der Waals surface area contributed by atoms with Crippen molar-refractivity contribution in [2.45, 2.75) is 25.3 Å². The number of para-hydroxylation sites is 1. The van der Waals surface area contributed by atoms with Crippen molar-refractivity contribution in [3.8, 4) is 5.69 Å². The standard InChI is InChI=1S/C15H19ClN4/c16-13-5-3-6-14(15(13)20-9-8-17-11-20)19-10-12-4-1-2-7-18-12/h3,5-6,8-9,11-12,18-19H,1-2,4,7,10H2. The van der Waals surface area contributed by atoms with Gasteiger partial charge in [-0.1, -0.05) is 24.1 Å². The lowest BCUT2D eigenvalue weighted by atomic mass is 10.1. The molecular formula is C15H19ClN4. The summed E-state index contributed by atoms with van der Waals surface area (Å²) in [5.74, 6) is 0. The number of nitrogens with one attached hydrogen (secondary N) is 2. The van der Waals surface area contributed by atoms with Crippen LogP contribution in [0.3, 0.4) is 0 Å². The minimum Gasteiger partial charge on any atom is -0.382 e. The van der Waals surface area contributed by atoms with E-state index in [0.29, 0.717) is 6.04 Å². The van der Waals surface area contributed by atoms with Gasteiger partial charge in [0.15, 0.2) is 0 Å². The van der Waals surface area contributed by atoms with E-state index in [9.17, 15) is 0 Å². The molecule has 20 heavy (non-hydrogen) atoms. The molecule has 1 aromatic carbocycles. The highest BCUT2D eigenvalue weighted by Crippen LogP contribution is 2.28. The smallest absolute Gasteiger partial charge is 0.0992 e. The van der Waals surface area contributed by atoms with E-state index >= 15 is 0 Å². The van der Waals surface area contributed by atoms with Gasteiger partial charge in [0, 0.05) is 25.0 Å². The van der Waals surface area contributed by atoms with E-state index in [1.807, 2.05) is 22.9 Å². The van der Waals surface area contributed by atoms with Crippen molar-refractivity contribution in [3.05, 3.63) is 41.9 Å². The number of rotatable bonds is 4. The van der Waals surface area contributed by atoms with Crippen LogP contribution in [0, 0.1) is 0 Å². The zero-order valence-electron chi connectivity index (χ0n) is 11.3. The Kier molecular flexibility index (Phi) is 4.23. The van der Waals surface area contributed by atoms with E-state index in [4.69, 9.17) is 11.6 Å². The summed E-state index contributed by atoms with van der Waals surface area (Å²) in [5, 5.41) is 7.79. The molecule has 5 heteroatoms. The van der Waals surface area contributed by atoms with Crippen LogP contribution in [0.2, 0.25) is 5.02 Å². The molecule has 2 N–H and O–H groups in total. The van der Waals surface area contributed by atoms with Gasteiger partial charge < -0.3 is 15.2 Å². The van der Waals surface area contributed by atoms with Gasteiger partial charge in [-0.3, -0.25) is 0 Å². The molecule has 0 bridgehead atoms. The molecule has 0 radical (unpaired) electrons. The maximum absolute atomic E-state index is 6.34. The predicted octanol–water partition coefficient (Wildman–Crippen LogP) is 3.08. The van der Waals surface area contributed by atoms with Crippen LogP contribution in [-0.4, -0.2) is 28.7 Å². The molecule has 0 aliphatic carbocycles. The zero-order chi connectivity index (χ0) is 13.8. The summed E-state index contributed by atoms with van der Waals surface area (Å²) in [7, 11) is 0. The number of halogens is 1. The number of hydrogen-bond donors (Lipinski definition) is 2. The van der Waals surface area contributed by atoms with Gasteiger partial charge in [0.1, 0.15) is 0 Å². The first kappa shape index (κ1) is 13.5. The molecule has 106 valence electrons. The number of piperidine rings is 1. The fraction of sp³-hybridized carbons (Fsp3) is 0.400. The number of imidazole rings is 1. The number of anilines is 1. The molecule has 0 amide bonds. The van der Waals surface area contributed by atoms with Crippen LogP contribution in [0.1, 0.15) is 19.3 Å². The fourth-order valence-corrected chi connectivity index (χ4v) is 2.92. The molecular weight excluding hydrogens is 272 g/mol. The summed E-state index contributed by atoms with van der Waals surface area (Å²) in [5.41, 5.74) is 2.00. The van der Waals surface area contributed by atoms with Crippen LogP contribution >= 0.6 is 11.6 Å². The first-order valence-corrected chi connectivity index (χ1v) is 7.46. The third-order valence-electron chi connectivity index (χ3n) is 3.70. The first-order chi connectivity index (χ1) is 9.84. The zero-order valence-corrected chi connectivity index (χ0v) is 12.1. The molecule has 4 nitrogen and oxygen atoms in total. The van der Waals surface area contributed by atoms with Gasteiger partial charge >= 0.3 is 0 Å².